The number of hydrazine groups is 1. The summed E-state index contributed by atoms with van der Waals surface area (Å²) in [5, 5.41) is 0. The van der Waals surface area contributed by atoms with Crippen molar-refractivity contribution in [1.82, 2.24) is 0 Å². The van der Waals surface area contributed by atoms with Crippen molar-refractivity contribution >= 4 is 21.4 Å². The van der Waals surface area contributed by atoms with Gasteiger partial charge in [-0.3, -0.25) is 10.6 Å². The van der Waals surface area contributed by atoms with Crippen molar-refractivity contribution in [1.29, 1.82) is 0 Å². The van der Waals surface area contributed by atoms with Crippen molar-refractivity contribution in [2.75, 3.05) is 10.1 Å². The molecule has 0 saturated heterocycles. The van der Waals surface area contributed by atoms with Crippen molar-refractivity contribution in [2.24, 2.45) is 5.84 Å². The molecule has 0 aliphatic heterocycles. The van der Waals surface area contributed by atoms with Crippen LogP contribution < -0.4 is 16.0 Å². The van der Waals surface area contributed by atoms with Crippen LogP contribution >= 0.6 is 0 Å². The molecule has 4 N–H and O–H groups in total. The predicted octanol–water partition coefficient (Wildman–Crippen LogP) is 2.39. The van der Waals surface area contributed by atoms with Crippen molar-refractivity contribution in [2.45, 2.75) is 18.7 Å². The highest BCUT2D eigenvalue weighted by Gasteiger charge is 2.14. The number of benzene rings is 2. The first-order chi connectivity index (χ1) is 9.40. The van der Waals surface area contributed by atoms with Gasteiger partial charge in [0.05, 0.1) is 4.90 Å². The molecule has 0 atom stereocenters. The molecule has 106 valence electrons. The SMILES string of the molecule is Cc1cc(C)cc(NS(=O)(=O)c2ccc(NN)cc2)c1. The van der Waals surface area contributed by atoms with Crippen LogP contribution in [0.5, 0.6) is 0 Å². The minimum absolute atomic E-state index is 0.190. The van der Waals surface area contributed by atoms with E-state index in [0.29, 0.717) is 11.4 Å². The highest BCUT2D eigenvalue weighted by Crippen LogP contribution is 2.20. The van der Waals surface area contributed by atoms with Crippen LogP contribution in [0.15, 0.2) is 47.4 Å². The minimum atomic E-state index is -3.59. The molecule has 2 aromatic rings. The standard InChI is InChI=1S/C14H17N3O2S/c1-10-7-11(2)9-13(8-10)17-20(18,19)14-5-3-12(16-15)4-6-14/h3-9,16-17H,15H2,1-2H3. The topological polar surface area (TPSA) is 84.2 Å². The molecule has 0 aromatic heterocycles. The number of sulfonamides is 1. The number of anilines is 2. The molecule has 0 unspecified atom stereocenters. The van der Waals surface area contributed by atoms with Gasteiger partial charge in [0, 0.05) is 11.4 Å². The summed E-state index contributed by atoms with van der Waals surface area (Å²) < 4.78 is 27.1. The molecular weight excluding hydrogens is 274 g/mol. The molecule has 2 aromatic carbocycles. The first-order valence-electron chi connectivity index (χ1n) is 6.08. The van der Waals surface area contributed by atoms with Gasteiger partial charge < -0.3 is 5.43 Å². The summed E-state index contributed by atoms with van der Waals surface area (Å²) in [5.74, 6) is 5.25. The van der Waals surface area contributed by atoms with Crippen molar-refractivity contribution in [3.05, 3.63) is 53.6 Å². The molecule has 0 spiro atoms. The summed E-state index contributed by atoms with van der Waals surface area (Å²) in [7, 11) is -3.59. The molecule has 0 bridgehead atoms. The Balaban J connectivity index is 2.30. The average Bonchev–Trinajstić information content (AvgIpc) is 2.37. The van der Waals surface area contributed by atoms with Crippen LogP contribution in [0.3, 0.4) is 0 Å². The fraction of sp³-hybridized carbons (Fsp3) is 0.143. The Morgan fingerprint density at radius 2 is 1.45 bits per heavy atom. The minimum Gasteiger partial charge on any atom is -0.324 e. The zero-order valence-corrected chi connectivity index (χ0v) is 12.2. The lowest BCUT2D eigenvalue weighted by Crippen LogP contribution is -2.13. The molecule has 2 rings (SSSR count). The monoisotopic (exact) mass is 291 g/mol. The van der Waals surface area contributed by atoms with Gasteiger partial charge in [-0.1, -0.05) is 6.07 Å². The summed E-state index contributed by atoms with van der Waals surface area (Å²) in [6, 6.07) is 11.8. The fourth-order valence-electron chi connectivity index (χ4n) is 1.98. The second-order valence-electron chi connectivity index (χ2n) is 4.65. The number of hydrogen-bond donors (Lipinski definition) is 3. The predicted molar refractivity (Wildman–Crippen MR) is 81.0 cm³/mol. The lowest BCUT2D eigenvalue weighted by molar-refractivity contribution is 0.601. The largest absolute Gasteiger partial charge is 0.324 e. The third-order valence-corrected chi connectivity index (χ3v) is 4.20. The number of aryl methyl sites for hydroxylation is 2. The Kier molecular flexibility index (Phi) is 3.96. The molecule has 0 aliphatic carbocycles. The maximum atomic E-state index is 12.3. The van der Waals surface area contributed by atoms with Crippen molar-refractivity contribution in [3.8, 4) is 0 Å². The number of rotatable bonds is 4. The van der Waals surface area contributed by atoms with E-state index in [1.807, 2.05) is 19.9 Å². The van der Waals surface area contributed by atoms with E-state index in [4.69, 9.17) is 5.84 Å². The molecular formula is C14H17N3O2S. The number of nitrogens with two attached hydrogens (primary N) is 1. The molecule has 20 heavy (non-hydrogen) atoms. The normalized spacial score (nSPS) is 11.2. The van der Waals surface area contributed by atoms with E-state index in [1.165, 1.54) is 12.1 Å². The first kappa shape index (κ1) is 14.4. The zero-order chi connectivity index (χ0) is 14.8. The Morgan fingerprint density at radius 1 is 0.900 bits per heavy atom. The zero-order valence-electron chi connectivity index (χ0n) is 11.3. The van der Waals surface area contributed by atoms with E-state index in [-0.39, 0.29) is 4.90 Å². The van der Waals surface area contributed by atoms with Crippen molar-refractivity contribution in [3.63, 3.8) is 0 Å². The number of nitrogen functional groups attached to an aromatic ring is 1. The van der Waals surface area contributed by atoms with Crippen LogP contribution in [0, 0.1) is 13.8 Å². The highest BCUT2D eigenvalue weighted by molar-refractivity contribution is 7.92. The lowest BCUT2D eigenvalue weighted by atomic mass is 10.1. The maximum absolute atomic E-state index is 12.3. The summed E-state index contributed by atoms with van der Waals surface area (Å²) in [6.07, 6.45) is 0. The van der Waals surface area contributed by atoms with Gasteiger partial charge in [-0.25, -0.2) is 8.42 Å². The van der Waals surface area contributed by atoms with Gasteiger partial charge in [0.1, 0.15) is 0 Å². The van der Waals surface area contributed by atoms with E-state index in [9.17, 15) is 8.42 Å². The van der Waals surface area contributed by atoms with E-state index < -0.39 is 10.0 Å². The van der Waals surface area contributed by atoms with E-state index in [2.05, 4.69) is 10.1 Å². The first-order valence-corrected chi connectivity index (χ1v) is 7.57. The fourth-order valence-corrected chi connectivity index (χ4v) is 3.02. The van der Waals surface area contributed by atoms with Gasteiger partial charge in [-0.15, -0.1) is 0 Å². The second-order valence-corrected chi connectivity index (χ2v) is 6.33. The van der Waals surface area contributed by atoms with Crippen LogP contribution in [-0.4, -0.2) is 8.42 Å². The van der Waals surface area contributed by atoms with Crippen molar-refractivity contribution < 1.29 is 8.42 Å². The quantitative estimate of drug-likeness (QED) is 0.596. The van der Waals surface area contributed by atoms with Crippen LogP contribution in [0.4, 0.5) is 11.4 Å². The Labute approximate surface area is 118 Å². The van der Waals surface area contributed by atoms with E-state index in [0.717, 1.165) is 11.1 Å². The Morgan fingerprint density at radius 3 is 1.95 bits per heavy atom. The maximum Gasteiger partial charge on any atom is 0.261 e. The lowest BCUT2D eigenvalue weighted by Gasteiger charge is -2.10. The number of nitrogens with one attached hydrogen (secondary N) is 2. The third-order valence-electron chi connectivity index (χ3n) is 2.81. The van der Waals surface area contributed by atoms with Gasteiger partial charge in [0.25, 0.3) is 10.0 Å². The Hall–Kier alpha value is -2.05. The second kappa shape index (κ2) is 5.52. The van der Waals surface area contributed by atoms with Crippen LogP contribution in [0.25, 0.3) is 0 Å². The molecule has 0 radical (unpaired) electrons. The van der Waals surface area contributed by atoms with Gasteiger partial charge in [-0.2, -0.15) is 0 Å². The van der Waals surface area contributed by atoms with Gasteiger partial charge in [0.2, 0.25) is 0 Å². The molecule has 0 fully saturated rings. The van der Waals surface area contributed by atoms with Crippen LogP contribution in [0.2, 0.25) is 0 Å². The Bertz CT molecular complexity index is 689. The van der Waals surface area contributed by atoms with Gasteiger partial charge >= 0.3 is 0 Å². The third kappa shape index (κ3) is 3.28. The molecule has 0 saturated carbocycles. The smallest absolute Gasteiger partial charge is 0.261 e. The van der Waals surface area contributed by atoms with Gasteiger partial charge in [-0.05, 0) is 61.4 Å². The van der Waals surface area contributed by atoms with E-state index in [1.54, 1.807) is 24.3 Å². The highest BCUT2D eigenvalue weighted by atomic mass is 32.2. The average molecular weight is 291 g/mol. The summed E-state index contributed by atoms with van der Waals surface area (Å²) >= 11 is 0. The molecule has 0 amide bonds. The number of hydrogen-bond acceptors (Lipinski definition) is 4. The summed E-state index contributed by atoms with van der Waals surface area (Å²) in [5.41, 5.74) is 5.67. The molecule has 6 heteroatoms. The van der Waals surface area contributed by atoms with E-state index >= 15 is 0 Å². The molecule has 0 aliphatic rings. The summed E-state index contributed by atoms with van der Waals surface area (Å²) in [4.78, 5) is 0.190. The van der Waals surface area contributed by atoms with Gasteiger partial charge in [0.15, 0.2) is 0 Å². The molecule has 0 heterocycles. The van der Waals surface area contributed by atoms with Crippen LogP contribution in [-0.2, 0) is 10.0 Å². The summed E-state index contributed by atoms with van der Waals surface area (Å²) in [6.45, 7) is 3.85. The molecule has 5 nitrogen and oxygen atoms in total. The van der Waals surface area contributed by atoms with Crippen LogP contribution in [0.1, 0.15) is 11.1 Å².